The number of amides is 1. The molecule has 4 aromatic rings. The molecule has 0 fully saturated rings. The summed E-state index contributed by atoms with van der Waals surface area (Å²) in [6, 6.07) is 15.2. The van der Waals surface area contributed by atoms with Gasteiger partial charge in [-0.05, 0) is 44.2 Å². The van der Waals surface area contributed by atoms with Crippen LogP contribution in [-0.4, -0.2) is 26.3 Å². The summed E-state index contributed by atoms with van der Waals surface area (Å²) in [5.74, 6) is -0.825. The molecular formula is C23H17F3N4O2. The maximum absolute atomic E-state index is 13.7. The number of hydrogen-bond donors (Lipinski definition) is 1. The second-order valence-electron chi connectivity index (χ2n) is 7.28. The van der Waals surface area contributed by atoms with Crippen molar-refractivity contribution in [3.05, 3.63) is 83.2 Å². The van der Waals surface area contributed by atoms with Gasteiger partial charge in [-0.25, -0.2) is 9.50 Å². The molecule has 2 aromatic carbocycles. The van der Waals surface area contributed by atoms with E-state index in [1.54, 1.807) is 36.4 Å². The predicted octanol–water partition coefficient (Wildman–Crippen LogP) is 5.18. The Morgan fingerprint density at radius 2 is 1.62 bits per heavy atom. The molecule has 2 heterocycles. The number of benzene rings is 2. The van der Waals surface area contributed by atoms with Crippen molar-refractivity contribution < 1.29 is 22.8 Å². The molecule has 0 unspecified atom stereocenters. The van der Waals surface area contributed by atoms with Crippen LogP contribution in [0.25, 0.3) is 16.9 Å². The van der Waals surface area contributed by atoms with E-state index in [9.17, 15) is 22.8 Å². The Kier molecular flexibility index (Phi) is 5.25. The SMILES string of the molecule is CC(=O)c1ccc(NC(=O)c2cc3nc(-c4ccc(C)cc4)cc(C(F)(F)F)n3n2)cc1. The van der Waals surface area contributed by atoms with Gasteiger partial charge < -0.3 is 5.32 Å². The van der Waals surface area contributed by atoms with Crippen molar-refractivity contribution in [2.45, 2.75) is 20.0 Å². The number of rotatable bonds is 4. The van der Waals surface area contributed by atoms with Gasteiger partial charge in [0.05, 0.1) is 5.69 Å². The van der Waals surface area contributed by atoms with Crippen molar-refractivity contribution in [1.82, 2.24) is 14.6 Å². The van der Waals surface area contributed by atoms with Crippen LogP contribution in [0.3, 0.4) is 0 Å². The Bertz CT molecular complexity index is 1320. The molecule has 9 heteroatoms. The zero-order valence-electron chi connectivity index (χ0n) is 17.1. The molecule has 0 spiro atoms. The van der Waals surface area contributed by atoms with Gasteiger partial charge in [-0.3, -0.25) is 9.59 Å². The van der Waals surface area contributed by atoms with Crippen LogP contribution in [0.15, 0.2) is 60.7 Å². The van der Waals surface area contributed by atoms with E-state index >= 15 is 0 Å². The number of aryl methyl sites for hydroxylation is 1. The average Bonchev–Trinajstić information content (AvgIpc) is 3.17. The van der Waals surface area contributed by atoms with Crippen molar-refractivity contribution in [3.63, 3.8) is 0 Å². The first kappa shape index (κ1) is 21.2. The summed E-state index contributed by atoms with van der Waals surface area (Å²) in [5, 5.41) is 6.40. The first-order chi connectivity index (χ1) is 15.1. The van der Waals surface area contributed by atoms with E-state index in [0.29, 0.717) is 21.3 Å². The van der Waals surface area contributed by atoms with E-state index in [1.165, 1.54) is 25.1 Å². The topological polar surface area (TPSA) is 76.4 Å². The third kappa shape index (κ3) is 4.22. The van der Waals surface area contributed by atoms with E-state index in [0.717, 1.165) is 11.6 Å². The lowest BCUT2D eigenvalue weighted by Gasteiger charge is -2.11. The van der Waals surface area contributed by atoms with E-state index < -0.39 is 17.8 Å². The molecule has 32 heavy (non-hydrogen) atoms. The molecule has 0 aliphatic heterocycles. The number of nitrogens with one attached hydrogen (secondary N) is 1. The minimum atomic E-state index is -4.71. The van der Waals surface area contributed by atoms with Gasteiger partial charge in [-0.2, -0.15) is 18.3 Å². The predicted molar refractivity (Wildman–Crippen MR) is 113 cm³/mol. The Balaban J connectivity index is 1.72. The smallest absolute Gasteiger partial charge is 0.321 e. The van der Waals surface area contributed by atoms with E-state index in [1.807, 2.05) is 6.92 Å². The van der Waals surface area contributed by atoms with Gasteiger partial charge in [0, 0.05) is 22.9 Å². The fourth-order valence-electron chi connectivity index (χ4n) is 3.14. The summed E-state index contributed by atoms with van der Waals surface area (Å²) >= 11 is 0. The number of carbonyl (C=O) groups is 2. The average molecular weight is 438 g/mol. The van der Waals surface area contributed by atoms with Crippen LogP contribution in [-0.2, 0) is 6.18 Å². The highest BCUT2D eigenvalue weighted by molar-refractivity contribution is 6.04. The van der Waals surface area contributed by atoms with Gasteiger partial charge in [0.2, 0.25) is 0 Å². The zero-order chi connectivity index (χ0) is 23.0. The van der Waals surface area contributed by atoms with Crippen molar-refractivity contribution in [2.75, 3.05) is 5.32 Å². The van der Waals surface area contributed by atoms with Crippen molar-refractivity contribution >= 4 is 23.0 Å². The molecule has 4 rings (SSSR count). The molecule has 2 aromatic heterocycles. The van der Waals surface area contributed by atoms with E-state index in [2.05, 4.69) is 15.4 Å². The van der Waals surface area contributed by atoms with Crippen molar-refractivity contribution in [2.24, 2.45) is 0 Å². The number of halogens is 3. The Hall–Kier alpha value is -4.01. The molecule has 6 nitrogen and oxygen atoms in total. The number of Topliss-reactive ketones (excluding diaryl/α,β-unsaturated/α-hetero) is 1. The minimum absolute atomic E-state index is 0.104. The molecule has 0 saturated carbocycles. The molecule has 0 atom stereocenters. The summed E-state index contributed by atoms with van der Waals surface area (Å²) in [6.45, 7) is 3.29. The molecule has 0 aliphatic rings. The highest BCUT2D eigenvalue weighted by Crippen LogP contribution is 2.32. The van der Waals surface area contributed by atoms with Crippen molar-refractivity contribution in [1.29, 1.82) is 0 Å². The molecule has 0 aliphatic carbocycles. The van der Waals surface area contributed by atoms with Crippen LogP contribution < -0.4 is 5.32 Å². The summed E-state index contributed by atoms with van der Waals surface area (Å²) in [7, 11) is 0. The maximum atomic E-state index is 13.7. The number of hydrogen-bond acceptors (Lipinski definition) is 4. The number of carbonyl (C=O) groups excluding carboxylic acids is 2. The highest BCUT2D eigenvalue weighted by atomic mass is 19.4. The Morgan fingerprint density at radius 1 is 0.969 bits per heavy atom. The zero-order valence-corrected chi connectivity index (χ0v) is 17.1. The van der Waals surface area contributed by atoms with Crippen LogP contribution in [0.1, 0.15) is 39.0 Å². The maximum Gasteiger partial charge on any atom is 0.433 e. The largest absolute Gasteiger partial charge is 0.433 e. The highest BCUT2D eigenvalue weighted by Gasteiger charge is 2.35. The summed E-state index contributed by atoms with van der Waals surface area (Å²) < 4.78 is 41.8. The van der Waals surface area contributed by atoms with E-state index in [-0.39, 0.29) is 22.8 Å². The second-order valence-corrected chi connectivity index (χ2v) is 7.28. The van der Waals surface area contributed by atoms with Gasteiger partial charge in [-0.15, -0.1) is 0 Å². The van der Waals surface area contributed by atoms with Gasteiger partial charge in [0.25, 0.3) is 5.91 Å². The third-order valence-electron chi connectivity index (χ3n) is 4.85. The number of fused-ring (bicyclic) bond motifs is 1. The van der Waals surface area contributed by atoms with Gasteiger partial charge >= 0.3 is 6.18 Å². The van der Waals surface area contributed by atoms with Gasteiger partial charge in [0.15, 0.2) is 22.8 Å². The lowest BCUT2D eigenvalue weighted by molar-refractivity contribution is -0.142. The monoisotopic (exact) mass is 438 g/mol. The molecule has 1 amide bonds. The van der Waals surface area contributed by atoms with E-state index in [4.69, 9.17) is 0 Å². The number of ketones is 1. The molecular weight excluding hydrogens is 421 g/mol. The first-order valence-corrected chi connectivity index (χ1v) is 9.59. The van der Waals surface area contributed by atoms with Crippen molar-refractivity contribution in [3.8, 4) is 11.3 Å². The molecule has 162 valence electrons. The molecule has 0 radical (unpaired) electrons. The summed E-state index contributed by atoms with van der Waals surface area (Å²) in [6.07, 6.45) is -4.71. The van der Waals surface area contributed by atoms with Crippen LogP contribution in [0.5, 0.6) is 0 Å². The number of aromatic nitrogens is 3. The fourth-order valence-corrected chi connectivity index (χ4v) is 3.14. The standard InChI is InChI=1S/C23H17F3N4O2/c1-13-3-5-16(6-4-13)18-11-20(23(24,25)26)30-21(28-18)12-19(29-30)22(32)27-17-9-7-15(8-10-17)14(2)31/h3-12H,1-2H3,(H,27,32). The second kappa shape index (κ2) is 7.92. The number of nitrogens with zero attached hydrogens (tertiary/aromatic N) is 3. The van der Waals surface area contributed by atoms with Gasteiger partial charge in [-0.1, -0.05) is 29.8 Å². The quantitative estimate of drug-likeness (QED) is 0.446. The normalized spacial score (nSPS) is 11.5. The molecule has 0 bridgehead atoms. The van der Waals surface area contributed by atoms with Crippen LogP contribution in [0, 0.1) is 6.92 Å². The van der Waals surface area contributed by atoms with Gasteiger partial charge in [0.1, 0.15) is 0 Å². The fraction of sp³-hybridized carbons (Fsp3) is 0.130. The number of anilines is 1. The minimum Gasteiger partial charge on any atom is -0.321 e. The van der Waals surface area contributed by atoms with Crippen LogP contribution >= 0.6 is 0 Å². The lowest BCUT2D eigenvalue weighted by atomic mass is 10.1. The first-order valence-electron chi connectivity index (χ1n) is 9.59. The van der Waals surface area contributed by atoms with Crippen LogP contribution in [0.4, 0.5) is 18.9 Å². The lowest BCUT2D eigenvalue weighted by Crippen LogP contribution is -2.15. The van der Waals surface area contributed by atoms with Crippen LogP contribution in [0.2, 0.25) is 0 Å². The molecule has 0 saturated heterocycles. The third-order valence-corrected chi connectivity index (χ3v) is 4.85. The molecule has 1 N–H and O–H groups in total. The Labute approximate surface area is 180 Å². The Morgan fingerprint density at radius 3 is 2.22 bits per heavy atom. The summed E-state index contributed by atoms with van der Waals surface area (Å²) in [5.41, 5.74) is 1.08. The number of alkyl halides is 3. The summed E-state index contributed by atoms with van der Waals surface area (Å²) in [4.78, 5) is 28.2.